The summed E-state index contributed by atoms with van der Waals surface area (Å²) >= 11 is 0.110. The molecule has 0 bridgehead atoms. The number of alkyl halides is 9. The van der Waals surface area contributed by atoms with E-state index < -0.39 is 51.3 Å². The number of nitrogens with one attached hydrogen (secondary N) is 1. The van der Waals surface area contributed by atoms with E-state index >= 15 is 0 Å². The number of hydrogen-bond donors (Lipinski definition) is 1. The summed E-state index contributed by atoms with van der Waals surface area (Å²) in [5.41, 5.74) is -0.893. The van der Waals surface area contributed by atoms with E-state index in [0.29, 0.717) is 0 Å². The molecular weight excluding hydrogens is 447 g/mol. The first-order valence-corrected chi connectivity index (χ1v) is 8.01. The molecule has 0 saturated heterocycles. The quantitative estimate of drug-likeness (QED) is 0.505. The molecule has 15 heteroatoms. The number of anilines is 1. The van der Waals surface area contributed by atoms with Crippen LogP contribution in [-0.2, 0) is 9.53 Å². The highest BCUT2D eigenvalue weighted by molar-refractivity contribution is 7.18. The second-order valence-corrected chi connectivity index (χ2v) is 6.29. The number of carbonyl (C=O) groups excluding carboxylic acids is 2. The monoisotopic (exact) mass is 456 g/mol. The molecule has 5 nitrogen and oxygen atoms in total. The standard InChI is InChI=1S/C14H9F9N2O3S/c1-3-28-9(26)7-5(2)6(4-24)8(29-7)25-10(27)11(15,16)12(17,18)13(19,20)14(21,22)23/h3H2,1-2H3,(H,25,27). The van der Waals surface area contributed by atoms with Gasteiger partial charge in [-0.3, -0.25) is 4.79 Å². The molecule has 1 aromatic heterocycles. The van der Waals surface area contributed by atoms with E-state index in [-0.39, 0.29) is 23.5 Å². The van der Waals surface area contributed by atoms with Gasteiger partial charge in [0.1, 0.15) is 15.9 Å². The van der Waals surface area contributed by atoms with Crippen LogP contribution < -0.4 is 5.32 Å². The average Bonchev–Trinajstić information content (AvgIpc) is 2.89. The minimum Gasteiger partial charge on any atom is -0.462 e. The van der Waals surface area contributed by atoms with Crippen LogP contribution in [0.2, 0.25) is 0 Å². The number of carbonyl (C=O) groups is 2. The Morgan fingerprint density at radius 2 is 1.59 bits per heavy atom. The van der Waals surface area contributed by atoms with Crippen molar-refractivity contribution in [3.8, 4) is 6.07 Å². The minimum atomic E-state index is -7.25. The van der Waals surface area contributed by atoms with Gasteiger partial charge in [-0.1, -0.05) is 0 Å². The molecule has 29 heavy (non-hydrogen) atoms. The Hall–Kier alpha value is -2.50. The molecule has 0 spiro atoms. The minimum absolute atomic E-state index is 0.110. The van der Waals surface area contributed by atoms with E-state index in [1.807, 2.05) is 0 Å². The van der Waals surface area contributed by atoms with Crippen LogP contribution in [0.25, 0.3) is 0 Å². The fourth-order valence-electron chi connectivity index (χ4n) is 1.83. The molecule has 1 rings (SSSR count). The fourth-order valence-corrected chi connectivity index (χ4v) is 2.87. The Kier molecular flexibility index (Phi) is 6.54. The Bertz CT molecular complexity index is 856. The van der Waals surface area contributed by atoms with Gasteiger partial charge in [0.25, 0.3) is 0 Å². The van der Waals surface area contributed by atoms with Crippen molar-refractivity contribution in [1.29, 1.82) is 5.26 Å². The second-order valence-electron chi connectivity index (χ2n) is 5.27. The van der Waals surface area contributed by atoms with Gasteiger partial charge in [0, 0.05) is 0 Å². The molecule has 0 aliphatic heterocycles. The van der Waals surface area contributed by atoms with Crippen molar-refractivity contribution < 1.29 is 53.8 Å². The zero-order valence-corrected chi connectivity index (χ0v) is 15.0. The van der Waals surface area contributed by atoms with Gasteiger partial charge in [-0.25, -0.2) is 4.79 Å². The number of thiophene rings is 1. The summed E-state index contributed by atoms with van der Waals surface area (Å²) in [7, 11) is 0. The van der Waals surface area contributed by atoms with Gasteiger partial charge in [-0.05, 0) is 19.4 Å². The first-order chi connectivity index (χ1) is 13.0. The average molecular weight is 456 g/mol. The summed E-state index contributed by atoms with van der Waals surface area (Å²) in [6.07, 6.45) is -7.09. The molecule has 1 aromatic rings. The Morgan fingerprint density at radius 1 is 1.07 bits per heavy atom. The van der Waals surface area contributed by atoms with E-state index in [4.69, 9.17) is 5.26 Å². The summed E-state index contributed by atoms with van der Waals surface area (Å²) in [6.45, 7) is 2.33. The predicted octanol–water partition coefficient (Wildman–Crippen LogP) is 4.51. The lowest BCUT2D eigenvalue weighted by molar-refractivity contribution is -0.388. The zero-order valence-electron chi connectivity index (χ0n) is 14.2. The maximum absolute atomic E-state index is 13.6. The highest BCUT2D eigenvalue weighted by Gasteiger charge is 2.83. The first-order valence-electron chi connectivity index (χ1n) is 7.19. The lowest BCUT2D eigenvalue weighted by Gasteiger charge is -2.32. The van der Waals surface area contributed by atoms with Crippen molar-refractivity contribution in [2.75, 3.05) is 11.9 Å². The van der Waals surface area contributed by atoms with Gasteiger partial charge in [0.15, 0.2) is 0 Å². The second kappa shape index (κ2) is 7.73. The van der Waals surface area contributed by atoms with E-state index in [9.17, 15) is 49.1 Å². The molecule has 1 N–H and O–H groups in total. The number of nitriles is 1. The smallest absolute Gasteiger partial charge is 0.460 e. The lowest BCUT2D eigenvalue weighted by atomic mass is 10.0. The molecule has 0 unspecified atom stereocenters. The third kappa shape index (κ3) is 3.98. The number of rotatable bonds is 6. The molecule has 1 amide bonds. The molecule has 0 saturated carbocycles. The van der Waals surface area contributed by atoms with Crippen LogP contribution in [0.3, 0.4) is 0 Å². The van der Waals surface area contributed by atoms with Crippen molar-refractivity contribution in [1.82, 2.24) is 0 Å². The first kappa shape index (κ1) is 24.5. The summed E-state index contributed by atoms with van der Waals surface area (Å²) in [6, 6.07) is 1.36. The van der Waals surface area contributed by atoms with Gasteiger partial charge in [-0.15, -0.1) is 11.3 Å². The van der Waals surface area contributed by atoms with Crippen molar-refractivity contribution in [3.63, 3.8) is 0 Å². The van der Waals surface area contributed by atoms with Crippen LogP contribution in [0, 0.1) is 18.3 Å². The third-order valence-electron chi connectivity index (χ3n) is 3.38. The molecule has 0 radical (unpaired) electrons. The summed E-state index contributed by atoms with van der Waals surface area (Å²) in [5, 5.41) is 9.05. The van der Waals surface area contributed by atoms with Gasteiger partial charge >= 0.3 is 35.8 Å². The summed E-state index contributed by atoms with van der Waals surface area (Å²) in [4.78, 5) is 22.8. The number of amides is 1. The molecule has 0 fully saturated rings. The molecule has 1 heterocycles. The number of ether oxygens (including phenoxy) is 1. The SMILES string of the molecule is CCOC(=O)c1sc(NC(=O)C(F)(F)C(F)(F)C(F)(F)C(F)(F)F)c(C#N)c1C. The molecule has 162 valence electrons. The van der Waals surface area contributed by atoms with Crippen LogP contribution in [-0.4, -0.2) is 42.4 Å². The summed E-state index contributed by atoms with van der Waals surface area (Å²) < 4.78 is 120. The van der Waals surface area contributed by atoms with Crippen molar-refractivity contribution in [2.24, 2.45) is 0 Å². The maximum atomic E-state index is 13.6. The van der Waals surface area contributed by atoms with Crippen molar-refractivity contribution in [2.45, 2.75) is 37.8 Å². The molecule has 0 aromatic carbocycles. The largest absolute Gasteiger partial charge is 0.462 e. The number of hydrogen-bond acceptors (Lipinski definition) is 5. The van der Waals surface area contributed by atoms with Crippen molar-refractivity contribution >= 4 is 28.2 Å². The van der Waals surface area contributed by atoms with Gasteiger partial charge < -0.3 is 10.1 Å². The van der Waals surface area contributed by atoms with Crippen LogP contribution in [0.15, 0.2) is 0 Å². The number of nitrogens with zero attached hydrogens (tertiary/aromatic N) is 1. The lowest BCUT2D eigenvalue weighted by Crippen LogP contribution is -2.64. The Morgan fingerprint density at radius 3 is 2.00 bits per heavy atom. The van der Waals surface area contributed by atoms with Crippen LogP contribution in [0.5, 0.6) is 0 Å². The van der Waals surface area contributed by atoms with Crippen molar-refractivity contribution in [3.05, 3.63) is 16.0 Å². The van der Waals surface area contributed by atoms with Crippen LogP contribution in [0.4, 0.5) is 44.5 Å². The number of halogens is 9. The normalized spacial score (nSPS) is 13.0. The predicted molar refractivity (Wildman–Crippen MR) is 79.3 cm³/mol. The fraction of sp³-hybridized carbons (Fsp3) is 0.500. The van der Waals surface area contributed by atoms with Crippen LogP contribution in [0.1, 0.15) is 27.7 Å². The van der Waals surface area contributed by atoms with Gasteiger partial charge in [0.2, 0.25) is 0 Å². The Labute approximate surface area is 160 Å². The molecule has 0 atom stereocenters. The maximum Gasteiger partial charge on any atom is 0.460 e. The van der Waals surface area contributed by atoms with E-state index in [1.54, 1.807) is 0 Å². The van der Waals surface area contributed by atoms with Gasteiger partial charge in [-0.2, -0.15) is 44.8 Å². The molecule has 0 aliphatic rings. The van der Waals surface area contributed by atoms with E-state index in [1.165, 1.54) is 13.0 Å². The van der Waals surface area contributed by atoms with E-state index in [0.717, 1.165) is 12.2 Å². The highest BCUT2D eigenvalue weighted by atomic mass is 32.1. The zero-order chi connectivity index (χ0) is 23.0. The summed E-state index contributed by atoms with van der Waals surface area (Å²) in [5.74, 6) is -25.3. The molecular formula is C14H9F9N2O3S. The van der Waals surface area contributed by atoms with E-state index in [2.05, 4.69) is 4.74 Å². The number of esters is 1. The van der Waals surface area contributed by atoms with Crippen LogP contribution >= 0.6 is 11.3 Å². The third-order valence-corrected chi connectivity index (χ3v) is 4.56. The highest BCUT2D eigenvalue weighted by Crippen LogP contribution is 2.53. The van der Waals surface area contributed by atoms with Gasteiger partial charge in [0.05, 0.1) is 12.2 Å². The topological polar surface area (TPSA) is 79.2 Å². The molecule has 0 aliphatic carbocycles. The Balaban J connectivity index is 3.36.